The Labute approximate surface area is 147 Å². The highest BCUT2D eigenvalue weighted by molar-refractivity contribution is 7.99. The maximum Gasteiger partial charge on any atom is 0.233 e. The van der Waals surface area contributed by atoms with E-state index in [-0.39, 0.29) is 12.0 Å². The molecule has 1 aromatic heterocycles. The van der Waals surface area contributed by atoms with Gasteiger partial charge in [-0.1, -0.05) is 23.9 Å². The maximum absolute atomic E-state index is 12.5. The molecule has 1 unspecified atom stereocenters. The van der Waals surface area contributed by atoms with Gasteiger partial charge in [-0.25, -0.2) is 4.98 Å². The number of hydrogen-bond acceptors (Lipinski definition) is 4. The number of para-hydroxylation sites is 2. The Morgan fingerprint density at radius 2 is 2.08 bits per heavy atom. The minimum atomic E-state index is -0.277. The molecule has 1 saturated heterocycles. The molecule has 6 heteroatoms. The number of aromatic nitrogens is 2. The molecule has 1 aliphatic rings. The van der Waals surface area contributed by atoms with Crippen LogP contribution < -0.4 is 0 Å². The zero-order valence-electron chi connectivity index (χ0n) is 14.3. The van der Waals surface area contributed by atoms with Gasteiger partial charge in [0, 0.05) is 19.6 Å². The van der Waals surface area contributed by atoms with Crippen molar-refractivity contribution >= 4 is 28.7 Å². The zero-order valence-corrected chi connectivity index (χ0v) is 15.1. The number of aryl methyl sites for hydroxylation is 1. The molecule has 0 radical (unpaired) electrons. The van der Waals surface area contributed by atoms with Crippen molar-refractivity contribution in [3.8, 4) is 0 Å². The summed E-state index contributed by atoms with van der Waals surface area (Å²) in [6.07, 6.45) is 1.50. The van der Waals surface area contributed by atoms with Crippen molar-refractivity contribution in [2.24, 2.45) is 5.92 Å². The van der Waals surface area contributed by atoms with Crippen LogP contribution in [0.25, 0.3) is 11.0 Å². The van der Waals surface area contributed by atoms with Crippen molar-refractivity contribution < 1.29 is 9.90 Å². The molecule has 1 aliphatic heterocycles. The fraction of sp³-hybridized carbons (Fsp3) is 0.556. The highest BCUT2D eigenvalue weighted by atomic mass is 32.2. The zero-order chi connectivity index (χ0) is 17.1. The summed E-state index contributed by atoms with van der Waals surface area (Å²) in [5.41, 5.74) is 2.10. The van der Waals surface area contributed by atoms with E-state index in [0.29, 0.717) is 11.7 Å². The molecule has 0 bridgehead atoms. The van der Waals surface area contributed by atoms with Crippen LogP contribution in [0.4, 0.5) is 0 Å². The Bertz CT molecular complexity index is 705. The van der Waals surface area contributed by atoms with Crippen LogP contribution in [0.3, 0.4) is 0 Å². The first-order valence-electron chi connectivity index (χ1n) is 8.64. The molecule has 2 aromatic rings. The van der Waals surface area contributed by atoms with Gasteiger partial charge in [0.25, 0.3) is 0 Å². The summed E-state index contributed by atoms with van der Waals surface area (Å²) in [5.74, 6) is 0.910. The smallest absolute Gasteiger partial charge is 0.233 e. The molecule has 130 valence electrons. The maximum atomic E-state index is 12.5. The van der Waals surface area contributed by atoms with Gasteiger partial charge < -0.3 is 14.6 Å². The number of imidazole rings is 1. The van der Waals surface area contributed by atoms with Gasteiger partial charge in [-0.15, -0.1) is 0 Å². The Balaban J connectivity index is 1.61. The van der Waals surface area contributed by atoms with Gasteiger partial charge in [-0.3, -0.25) is 4.79 Å². The Hall–Kier alpha value is -1.53. The quantitative estimate of drug-likeness (QED) is 0.845. The fourth-order valence-corrected chi connectivity index (χ4v) is 4.30. The number of fused-ring (bicyclic) bond motifs is 1. The number of likely N-dealkylation sites (tertiary alicyclic amines) is 1. The van der Waals surface area contributed by atoms with E-state index in [1.165, 1.54) is 11.8 Å². The Kier molecular flexibility index (Phi) is 5.46. The highest BCUT2D eigenvalue weighted by Crippen LogP contribution is 2.25. The Morgan fingerprint density at radius 3 is 2.75 bits per heavy atom. The lowest BCUT2D eigenvalue weighted by Crippen LogP contribution is -2.41. The lowest BCUT2D eigenvalue weighted by Gasteiger charge is -2.33. The average Bonchev–Trinajstić information content (AvgIpc) is 2.97. The number of aliphatic hydroxyl groups excluding tert-OH is 1. The third-order valence-corrected chi connectivity index (χ3v) is 5.80. The van der Waals surface area contributed by atoms with Crippen molar-refractivity contribution in [3.05, 3.63) is 24.3 Å². The van der Waals surface area contributed by atoms with Gasteiger partial charge in [0.1, 0.15) is 0 Å². The van der Waals surface area contributed by atoms with Gasteiger partial charge in [-0.05, 0) is 44.7 Å². The Morgan fingerprint density at radius 1 is 1.38 bits per heavy atom. The van der Waals surface area contributed by atoms with Crippen LogP contribution in [0.2, 0.25) is 0 Å². The minimum Gasteiger partial charge on any atom is -0.393 e. The average molecular weight is 347 g/mol. The van der Waals surface area contributed by atoms with Crippen LogP contribution in [0.15, 0.2) is 29.4 Å². The molecule has 5 nitrogen and oxygen atoms in total. The number of carbonyl (C=O) groups excluding carboxylic acids is 1. The first kappa shape index (κ1) is 17.3. The fourth-order valence-electron chi connectivity index (χ4n) is 3.32. The number of amides is 1. The minimum absolute atomic E-state index is 0.166. The van der Waals surface area contributed by atoms with Crippen LogP contribution >= 0.6 is 11.8 Å². The second-order valence-corrected chi connectivity index (χ2v) is 7.32. The molecule has 1 aromatic carbocycles. The summed E-state index contributed by atoms with van der Waals surface area (Å²) in [6, 6.07) is 8.08. The standard InChI is InChI=1S/C18H25N3O2S/c1-3-21-16-7-5-4-6-15(16)19-18(21)24-12-17(23)20-10-8-14(9-11-20)13(2)22/h4-7,13-14,22H,3,8-12H2,1-2H3. The van der Waals surface area contributed by atoms with E-state index in [2.05, 4.69) is 22.5 Å². The molecule has 0 saturated carbocycles. The number of piperidine rings is 1. The molecule has 1 fully saturated rings. The van der Waals surface area contributed by atoms with E-state index in [1.54, 1.807) is 0 Å². The van der Waals surface area contributed by atoms with Gasteiger partial charge in [0.15, 0.2) is 5.16 Å². The lowest BCUT2D eigenvalue weighted by molar-refractivity contribution is -0.130. The number of rotatable bonds is 5. The highest BCUT2D eigenvalue weighted by Gasteiger charge is 2.25. The first-order chi connectivity index (χ1) is 11.6. The number of benzene rings is 1. The summed E-state index contributed by atoms with van der Waals surface area (Å²) in [6.45, 7) is 6.28. The molecular formula is C18H25N3O2S. The van der Waals surface area contributed by atoms with Crippen molar-refractivity contribution in [2.75, 3.05) is 18.8 Å². The lowest BCUT2D eigenvalue weighted by atomic mass is 9.92. The third-order valence-electron chi connectivity index (χ3n) is 4.84. The van der Waals surface area contributed by atoms with Gasteiger partial charge in [-0.2, -0.15) is 0 Å². The molecule has 3 rings (SSSR count). The number of hydrogen-bond donors (Lipinski definition) is 1. The number of carbonyl (C=O) groups is 1. The summed E-state index contributed by atoms with van der Waals surface area (Å²) in [5, 5.41) is 10.6. The number of thioether (sulfide) groups is 1. The van der Waals surface area contributed by atoms with Gasteiger partial charge >= 0.3 is 0 Å². The molecule has 24 heavy (non-hydrogen) atoms. The molecule has 1 amide bonds. The summed E-state index contributed by atoms with van der Waals surface area (Å²) in [4.78, 5) is 19.0. The number of aliphatic hydroxyl groups is 1. The second-order valence-electron chi connectivity index (χ2n) is 6.37. The van der Waals surface area contributed by atoms with Crippen LogP contribution in [-0.4, -0.2) is 50.4 Å². The van der Waals surface area contributed by atoms with E-state index in [9.17, 15) is 9.90 Å². The molecule has 2 heterocycles. The summed E-state index contributed by atoms with van der Waals surface area (Å²) < 4.78 is 2.16. The SMILES string of the molecule is CCn1c(SCC(=O)N2CCC(C(C)O)CC2)nc2ccccc21. The van der Waals surface area contributed by atoms with Gasteiger partial charge in [0.2, 0.25) is 5.91 Å². The predicted molar refractivity (Wildman–Crippen MR) is 97.1 cm³/mol. The van der Waals surface area contributed by atoms with Crippen LogP contribution in [-0.2, 0) is 11.3 Å². The van der Waals surface area contributed by atoms with Crippen molar-refractivity contribution in [3.63, 3.8) is 0 Å². The predicted octanol–water partition coefficient (Wildman–Crippen LogP) is 2.77. The molecular weight excluding hydrogens is 322 g/mol. The topological polar surface area (TPSA) is 58.4 Å². The van der Waals surface area contributed by atoms with Crippen molar-refractivity contribution in [1.29, 1.82) is 0 Å². The van der Waals surface area contributed by atoms with Crippen molar-refractivity contribution in [2.45, 2.75) is 44.5 Å². The molecule has 1 N–H and O–H groups in total. The van der Waals surface area contributed by atoms with Crippen LogP contribution in [0.1, 0.15) is 26.7 Å². The van der Waals surface area contributed by atoms with E-state index < -0.39 is 0 Å². The van der Waals surface area contributed by atoms with Gasteiger partial charge in [0.05, 0.1) is 22.9 Å². The second kappa shape index (κ2) is 7.57. The van der Waals surface area contributed by atoms with E-state index in [4.69, 9.17) is 0 Å². The normalized spacial score (nSPS) is 17.4. The van der Waals surface area contributed by atoms with Crippen molar-refractivity contribution in [1.82, 2.24) is 14.5 Å². The van der Waals surface area contributed by atoms with E-state index in [0.717, 1.165) is 48.7 Å². The third kappa shape index (κ3) is 3.59. The first-order valence-corrected chi connectivity index (χ1v) is 9.62. The molecule has 0 aliphatic carbocycles. The summed E-state index contributed by atoms with van der Waals surface area (Å²) in [7, 11) is 0. The largest absolute Gasteiger partial charge is 0.393 e. The molecule has 0 spiro atoms. The van der Waals surface area contributed by atoms with Crippen LogP contribution in [0, 0.1) is 5.92 Å². The summed E-state index contributed by atoms with van der Waals surface area (Å²) >= 11 is 1.52. The van der Waals surface area contributed by atoms with E-state index in [1.807, 2.05) is 30.0 Å². The molecule has 1 atom stereocenters. The monoisotopic (exact) mass is 347 g/mol. The van der Waals surface area contributed by atoms with Crippen LogP contribution in [0.5, 0.6) is 0 Å². The number of nitrogens with zero attached hydrogens (tertiary/aromatic N) is 3. The van der Waals surface area contributed by atoms with E-state index >= 15 is 0 Å².